The second kappa shape index (κ2) is 5.87. The smallest absolute Gasteiger partial charge is 0.370 e. The molecule has 1 aliphatic carbocycles. The fourth-order valence-electron chi connectivity index (χ4n) is 2.63. The van der Waals surface area contributed by atoms with Crippen LogP contribution in [0.4, 0.5) is 17.6 Å². The van der Waals surface area contributed by atoms with Crippen LogP contribution in [0.5, 0.6) is 0 Å². The van der Waals surface area contributed by atoms with Crippen LogP contribution in [0.2, 0.25) is 0 Å². The average Bonchev–Trinajstić information content (AvgIpc) is 2.96. The van der Waals surface area contributed by atoms with Crippen LogP contribution in [0.15, 0.2) is 35.7 Å². The monoisotopic (exact) mass is 345 g/mol. The van der Waals surface area contributed by atoms with Crippen LogP contribution in [0.1, 0.15) is 42.1 Å². The van der Waals surface area contributed by atoms with Gasteiger partial charge in [0.25, 0.3) is 0 Å². The molecular formula is C16H15F4NOS. The van der Waals surface area contributed by atoms with Crippen molar-refractivity contribution in [2.75, 3.05) is 0 Å². The van der Waals surface area contributed by atoms with E-state index in [0.29, 0.717) is 11.3 Å². The molecule has 1 heterocycles. The van der Waals surface area contributed by atoms with E-state index in [9.17, 15) is 17.6 Å². The normalized spacial score (nSPS) is 25.9. The Kier molecular flexibility index (Phi) is 4.18. The van der Waals surface area contributed by atoms with Gasteiger partial charge in [-0.1, -0.05) is 30.3 Å². The predicted octanol–water partition coefficient (Wildman–Crippen LogP) is 5.27. The summed E-state index contributed by atoms with van der Waals surface area (Å²) in [5.74, 6) is 0. The maximum absolute atomic E-state index is 14.6. The molecule has 124 valence electrons. The number of rotatable bonds is 4. The second-order valence-corrected chi connectivity index (χ2v) is 6.58. The van der Waals surface area contributed by atoms with Crippen molar-refractivity contribution in [3.63, 3.8) is 0 Å². The van der Waals surface area contributed by atoms with E-state index in [0.717, 1.165) is 10.9 Å². The van der Waals surface area contributed by atoms with Crippen molar-refractivity contribution in [2.45, 2.75) is 43.8 Å². The Morgan fingerprint density at radius 1 is 1.26 bits per heavy atom. The summed E-state index contributed by atoms with van der Waals surface area (Å²) < 4.78 is 58.1. The summed E-state index contributed by atoms with van der Waals surface area (Å²) in [7, 11) is 0. The lowest BCUT2D eigenvalue weighted by atomic mass is 9.79. The summed E-state index contributed by atoms with van der Waals surface area (Å²) in [5.41, 5.74) is -1.86. The molecule has 1 aromatic carbocycles. The maximum atomic E-state index is 14.6. The van der Waals surface area contributed by atoms with Crippen molar-refractivity contribution >= 4 is 11.3 Å². The van der Waals surface area contributed by atoms with Gasteiger partial charge in [0, 0.05) is 18.2 Å². The van der Waals surface area contributed by atoms with Crippen LogP contribution in [0.3, 0.4) is 0 Å². The summed E-state index contributed by atoms with van der Waals surface area (Å²) >= 11 is 0.715. The molecule has 1 fully saturated rings. The Morgan fingerprint density at radius 3 is 2.48 bits per heavy atom. The van der Waals surface area contributed by atoms with Gasteiger partial charge in [0.05, 0.1) is 12.2 Å². The number of nitrogens with zero attached hydrogens (tertiary/aromatic N) is 1. The minimum atomic E-state index is -4.54. The highest BCUT2D eigenvalue weighted by Gasteiger charge is 2.50. The standard InChI is InChI=1S/C16H15F4NOS/c1-10(11-5-3-2-4-6-11)22-12-7-15(17,8-12)14-21-13(9-23-14)16(18,19)20/h2-6,9-10,12H,7-8H2,1H3/t10-,12?,15?/m0/s1. The van der Waals surface area contributed by atoms with Crippen molar-refractivity contribution in [1.82, 2.24) is 4.98 Å². The molecular weight excluding hydrogens is 330 g/mol. The quantitative estimate of drug-likeness (QED) is 0.705. The predicted molar refractivity (Wildman–Crippen MR) is 78.9 cm³/mol. The number of hydrogen-bond donors (Lipinski definition) is 0. The van der Waals surface area contributed by atoms with Gasteiger partial charge in [-0.3, -0.25) is 0 Å². The van der Waals surface area contributed by atoms with E-state index < -0.39 is 17.5 Å². The average molecular weight is 345 g/mol. The lowest BCUT2D eigenvalue weighted by molar-refractivity contribution is -0.142. The highest BCUT2D eigenvalue weighted by Crippen LogP contribution is 2.49. The first kappa shape index (κ1) is 16.4. The molecule has 3 rings (SSSR count). The van der Waals surface area contributed by atoms with Gasteiger partial charge >= 0.3 is 6.18 Å². The molecule has 0 spiro atoms. The van der Waals surface area contributed by atoms with Crippen LogP contribution < -0.4 is 0 Å². The lowest BCUT2D eigenvalue weighted by Gasteiger charge is -2.40. The molecule has 0 bridgehead atoms. The number of aromatic nitrogens is 1. The van der Waals surface area contributed by atoms with Gasteiger partial charge in [0.15, 0.2) is 11.4 Å². The van der Waals surface area contributed by atoms with Crippen molar-refractivity contribution in [2.24, 2.45) is 0 Å². The van der Waals surface area contributed by atoms with Gasteiger partial charge in [0.1, 0.15) is 5.01 Å². The maximum Gasteiger partial charge on any atom is 0.434 e. The number of hydrogen-bond acceptors (Lipinski definition) is 3. The lowest BCUT2D eigenvalue weighted by Crippen LogP contribution is -2.43. The molecule has 0 unspecified atom stereocenters. The van der Waals surface area contributed by atoms with Gasteiger partial charge < -0.3 is 4.74 Å². The Balaban J connectivity index is 1.60. The second-order valence-electron chi connectivity index (χ2n) is 5.72. The fourth-order valence-corrected chi connectivity index (χ4v) is 3.57. The molecule has 0 N–H and O–H groups in total. The summed E-state index contributed by atoms with van der Waals surface area (Å²) in [5, 5.41) is 0.745. The molecule has 1 saturated carbocycles. The first-order valence-corrected chi connectivity index (χ1v) is 8.08. The van der Waals surface area contributed by atoms with Crippen molar-refractivity contribution in [3.05, 3.63) is 52.0 Å². The Hall–Kier alpha value is -1.47. The molecule has 1 atom stereocenters. The third-order valence-electron chi connectivity index (χ3n) is 3.95. The molecule has 1 aliphatic rings. The van der Waals surface area contributed by atoms with Crippen LogP contribution in [0, 0.1) is 0 Å². The molecule has 0 amide bonds. The molecule has 0 radical (unpaired) electrons. The van der Waals surface area contributed by atoms with Crippen LogP contribution in [-0.2, 0) is 16.6 Å². The van der Waals surface area contributed by atoms with Crippen molar-refractivity contribution in [1.29, 1.82) is 0 Å². The molecule has 0 saturated heterocycles. The largest absolute Gasteiger partial charge is 0.434 e. The topological polar surface area (TPSA) is 22.1 Å². The van der Waals surface area contributed by atoms with Gasteiger partial charge in [-0.05, 0) is 12.5 Å². The SMILES string of the molecule is C[C@H](OC1CC(F)(c2nc(C(F)(F)F)cs2)C1)c1ccccc1. The molecule has 23 heavy (non-hydrogen) atoms. The zero-order valence-electron chi connectivity index (χ0n) is 12.3. The van der Waals surface area contributed by atoms with Crippen LogP contribution >= 0.6 is 11.3 Å². The van der Waals surface area contributed by atoms with Crippen LogP contribution in [-0.4, -0.2) is 11.1 Å². The van der Waals surface area contributed by atoms with E-state index in [4.69, 9.17) is 4.74 Å². The Labute approximate surface area is 135 Å². The Morgan fingerprint density at radius 2 is 1.91 bits per heavy atom. The van der Waals surface area contributed by atoms with E-state index in [2.05, 4.69) is 4.98 Å². The number of alkyl halides is 4. The minimum Gasteiger partial charge on any atom is -0.370 e. The van der Waals surface area contributed by atoms with E-state index in [1.54, 1.807) is 0 Å². The zero-order valence-corrected chi connectivity index (χ0v) is 13.1. The van der Waals surface area contributed by atoms with Gasteiger partial charge in [-0.2, -0.15) is 13.2 Å². The number of benzene rings is 1. The molecule has 7 heteroatoms. The number of halogens is 4. The summed E-state index contributed by atoms with van der Waals surface area (Å²) in [6, 6.07) is 9.52. The molecule has 1 aromatic heterocycles. The van der Waals surface area contributed by atoms with E-state index in [1.165, 1.54) is 0 Å². The minimum absolute atomic E-state index is 0.0367. The third-order valence-corrected chi connectivity index (χ3v) is 4.97. The highest BCUT2D eigenvalue weighted by molar-refractivity contribution is 7.09. The summed E-state index contributed by atoms with van der Waals surface area (Å²) in [4.78, 5) is 3.41. The van der Waals surface area contributed by atoms with E-state index in [-0.39, 0.29) is 30.1 Å². The first-order valence-electron chi connectivity index (χ1n) is 7.20. The van der Waals surface area contributed by atoms with E-state index in [1.807, 2.05) is 37.3 Å². The molecule has 0 aliphatic heterocycles. The zero-order chi connectivity index (χ0) is 16.7. The number of ether oxygens (including phenoxy) is 1. The molecule has 2 aromatic rings. The fraction of sp³-hybridized carbons (Fsp3) is 0.438. The third kappa shape index (κ3) is 3.40. The van der Waals surface area contributed by atoms with E-state index >= 15 is 0 Å². The highest BCUT2D eigenvalue weighted by atomic mass is 32.1. The number of thiazole rings is 1. The Bertz CT molecular complexity index is 664. The van der Waals surface area contributed by atoms with Crippen molar-refractivity contribution in [3.8, 4) is 0 Å². The summed E-state index contributed by atoms with van der Waals surface area (Å²) in [6.07, 6.45) is -4.96. The molecule has 2 nitrogen and oxygen atoms in total. The van der Waals surface area contributed by atoms with Gasteiger partial charge in [-0.15, -0.1) is 11.3 Å². The van der Waals surface area contributed by atoms with Crippen molar-refractivity contribution < 1.29 is 22.3 Å². The summed E-state index contributed by atoms with van der Waals surface area (Å²) in [6.45, 7) is 1.87. The first-order chi connectivity index (χ1) is 10.8. The van der Waals surface area contributed by atoms with Gasteiger partial charge in [-0.25, -0.2) is 9.37 Å². The van der Waals surface area contributed by atoms with Crippen LogP contribution in [0.25, 0.3) is 0 Å². The van der Waals surface area contributed by atoms with Gasteiger partial charge in [0.2, 0.25) is 0 Å².